The van der Waals surface area contributed by atoms with Crippen molar-refractivity contribution in [2.45, 2.75) is 65.3 Å². The largest absolute Gasteiger partial charge is 0.493 e. The smallest absolute Gasteiger partial charge is 0.123 e. The second-order valence-electron chi connectivity index (χ2n) is 5.40. The van der Waals surface area contributed by atoms with E-state index in [0.717, 1.165) is 31.9 Å². The van der Waals surface area contributed by atoms with E-state index in [1.165, 1.54) is 44.1 Å². The molecule has 114 valence electrons. The van der Waals surface area contributed by atoms with Gasteiger partial charge in [0.2, 0.25) is 0 Å². The van der Waals surface area contributed by atoms with Gasteiger partial charge in [0.1, 0.15) is 5.75 Å². The summed E-state index contributed by atoms with van der Waals surface area (Å²) in [5.41, 5.74) is 1.28. The Bertz CT molecular complexity index is 338. The average Bonchev–Trinajstić information content (AvgIpc) is 2.48. The molecule has 1 aromatic carbocycles. The van der Waals surface area contributed by atoms with Crippen LogP contribution in [0.25, 0.3) is 0 Å². The molecule has 0 spiro atoms. The lowest BCUT2D eigenvalue weighted by Gasteiger charge is -2.12. The Labute approximate surface area is 124 Å². The molecule has 0 fully saturated rings. The van der Waals surface area contributed by atoms with Crippen molar-refractivity contribution in [3.8, 4) is 5.75 Å². The minimum Gasteiger partial charge on any atom is -0.493 e. The van der Waals surface area contributed by atoms with Crippen molar-refractivity contribution in [1.29, 1.82) is 0 Å². The van der Waals surface area contributed by atoms with E-state index in [-0.39, 0.29) is 0 Å². The Hall–Kier alpha value is -1.02. The van der Waals surface area contributed by atoms with E-state index in [4.69, 9.17) is 4.74 Å². The molecule has 0 bridgehead atoms. The van der Waals surface area contributed by atoms with Crippen molar-refractivity contribution in [3.05, 3.63) is 29.8 Å². The summed E-state index contributed by atoms with van der Waals surface area (Å²) in [6.45, 7) is 7.32. The lowest BCUT2D eigenvalue weighted by atomic mass is 10.2. The zero-order valence-corrected chi connectivity index (χ0v) is 13.3. The average molecular weight is 277 g/mol. The Balaban J connectivity index is 2.26. The van der Waals surface area contributed by atoms with E-state index in [1.807, 2.05) is 0 Å². The third kappa shape index (κ3) is 7.54. The van der Waals surface area contributed by atoms with Gasteiger partial charge in [-0.2, -0.15) is 0 Å². The quantitative estimate of drug-likeness (QED) is 0.547. The van der Waals surface area contributed by atoms with Crippen LogP contribution in [-0.4, -0.2) is 13.2 Å². The molecule has 0 saturated heterocycles. The summed E-state index contributed by atoms with van der Waals surface area (Å²) in [7, 11) is 0. The summed E-state index contributed by atoms with van der Waals surface area (Å²) in [5, 5.41) is 3.52. The first kappa shape index (κ1) is 17.0. The lowest BCUT2D eigenvalue weighted by molar-refractivity contribution is 0.302. The summed E-state index contributed by atoms with van der Waals surface area (Å²) >= 11 is 0. The fourth-order valence-electron chi connectivity index (χ4n) is 2.22. The van der Waals surface area contributed by atoms with Crippen LogP contribution >= 0.6 is 0 Å². The third-order valence-corrected chi connectivity index (χ3v) is 3.50. The Morgan fingerprint density at radius 3 is 2.45 bits per heavy atom. The highest BCUT2D eigenvalue weighted by Gasteiger charge is 2.02. The molecule has 0 amide bonds. The molecule has 1 N–H and O–H groups in total. The van der Waals surface area contributed by atoms with Gasteiger partial charge in [0.15, 0.2) is 0 Å². The molecule has 0 aliphatic heterocycles. The van der Waals surface area contributed by atoms with Gasteiger partial charge in [0.25, 0.3) is 0 Å². The molecule has 0 radical (unpaired) electrons. The van der Waals surface area contributed by atoms with Gasteiger partial charge in [0, 0.05) is 12.1 Å². The lowest BCUT2D eigenvalue weighted by Crippen LogP contribution is -2.15. The second kappa shape index (κ2) is 11.8. The van der Waals surface area contributed by atoms with Crippen molar-refractivity contribution in [1.82, 2.24) is 5.32 Å². The number of nitrogens with one attached hydrogen (secondary N) is 1. The van der Waals surface area contributed by atoms with Gasteiger partial charge in [-0.1, -0.05) is 64.2 Å². The van der Waals surface area contributed by atoms with Crippen LogP contribution in [0, 0.1) is 0 Å². The van der Waals surface area contributed by atoms with Crippen LogP contribution in [0.3, 0.4) is 0 Å². The highest BCUT2D eigenvalue weighted by Crippen LogP contribution is 2.18. The van der Waals surface area contributed by atoms with Crippen molar-refractivity contribution in [2.75, 3.05) is 13.2 Å². The molecule has 2 heteroatoms. The molecule has 1 rings (SSSR count). The fourth-order valence-corrected chi connectivity index (χ4v) is 2.22. The van der Waals surface area contributed by atoms with Gasteiger partial charge in [-0.15, -0.1) is 0 Å². The minimum absolute atomic E-state index is 0.835. The number of hydrogen-bond acceptors (Lipinski definition) is 2. The first-order chi connectivity index (χ1) is 9.88. The summed E-state index contributed by atoms with van der Waals surface area (Å²) in [6.07, 6.45) is 8.89. The first-order valence-electron chi connectivity index (χ1n) is 8.30. The van der Waals surface area contributed by atoms with Crippen LogP contribution in [-0.2, 0) is 6.54 Å². The number of ether oxygens (including phenoxy) is 1. The topological polar surface area (TPSA) is 21.3 Å². The molecule has 0 saturated carbocycles. The van der Waals surface area contributed by atoms with Gasteiger partial charge in [-0.3, -0.25) is 0 Å². The molecular weight excluding hydrogens is 246 g/mol. The van der Waals surface area contributed by atoms with Crippen molar-refractivity contribution < 1.29 is 4.74 Å². The van der Waals surface area contributed by atoms with E-state index in [1.54, 1.807) is 0 Å². The van der Waals surface area contributed by atoms with Gasteiger partial charge in [-0.05, 0) is 25.5 Å². The Kier molecular flexibility index (Phi) is 10.0. The predicted molar refractivity (Wildman–Crippen MR) is 87.3 cm³/mol. The normalized spacial score (nSPS) is 10.7. The van der Waals surface area contributed by atoms with Crippen molar-refractivity contribution >= 4 is 0 Å². The second-order valence-corrected chi connectivity index (χ2v) is 5.40. The molecule has 1 aromatic rings. The molecule has 0 atom stereocenters. The first-order valence-corrected chi connectivity index (χ1v) is 8.30. The monoisotopic (exact) mass is 277 g/mol. The van der Waals surface area contributed by atoms with E-state index < -0.39 is 0 Å². The molecule has 0 aromatic heterocycles. The van der Waals surface area contributed by atoms with Crippen LogP contribution in [0.2, 0.25) is 0 Å². The van der Waals surface area contributed by atoms with Crippen LogP contribution in [0.5, 0.6) is 5.75 Å². The van der Waals surface area contributed by atoms with Gasteiger partial charge in [-0.25, -0.2) is 0 Å². The minimum atomic E-state index is 0.835. The van der Waals surface area contributed by atoms with E-state index in [2.05, 4.69) is 43.4 Å². The Morgan fingerprint density at radius 1 is 0.900 bits per heavy atom. The number of benzene rings is 1. The summed E-state index contributed by atoms with van der Waals surface area (Å²) < 4.78 is 5.89. The standard InChI is InChI=1S/C18H31NO/c1-3-5-7-10-14-19-16-17-12-8-9-13-18(17)20-15-11-6-4-2/h8-9,12-13,19H,3-7,10-11,14-16H2,1-2H3. The van der Waals surface area contributed by atoms with Crippen LogP contribution in [0.1, 0.15) is 64.4 Å². The van der Waals surface area contributed by atoms with Crippen LogP contribution < -0.4 is 10.1 Å². The van der Waals surface area contributed by atoms with Gasteiger partial charge in [0.05, 0.1) is 6.61 Å². The summed E-state index contributed by atoms with van der Waals surface area (Å²) in [6, 6.07) is 8.39. The SMILES string of the molecule is CCCCCCNCc1ccccc1OCCCCC. The third-order valence-electron chi connectivity index (χ3n) is 3.50. The van der Waals surface area contributed by atoms with Crippen LogP contribution in [0.4, 0.5) is 0 Å². The maximum absolute atomic E-state index is 5.89. The summed E-state index contributed by atoms with van der Waals surface area (Å²) in [4.78, 5) is 0. The van der Waals surface area contributed by atoms with Crippen molar-refractivity contribution in [2.24, 2.45) is 0 Å². The fraction of sp³-hybridized carbons (Fsp3) is 0.667. The molecule has 0 unspecified atom stereocenters. The predicted octanol–water partition coefficient (Wildman–Crippen LogP) is 4.93. The number of unbranched alkanes of at least 4 members (excludes halogenated alkanes) is 5. The molecule has 20 heavy (non-hydrogen) atoms. The molecule has 2 nitrogen and oxygen atoms in total. The maximum atomic E-state index is 5.89. The number of hydrogen-bond donors (Lipinski definition) is 1. The maximum Gasteiger partial charge on any atom is 0.123 e. The Morgan fingerprint density at radius 2 is 1.65 bits per heavy atom. The summed E-state index contributed by atoms with van der Waals surface area (Å²) in [5.74, 6) is 1.05. The van der Waals surface area contributed by atoms with Gasteiger partial charge < -0.3 is 10.1 Å². The highest BCUT2D eigenvalue weighted by molar-refractivity contribution is 5.33. The zero-order valence-electron chi connectivity index (χ0n) is 13.3. The van der Waals surface area contributed by atoms with E-state index >= 15 is 0 Å². The number of rotatable bonds is 12. The van der Waals surface area contributed by atoms with Gasteiger partial charge >= 0.3 is 0 Å². The van der Waals surface area contributed by atoms with E-state index in [0.29, 0.717) is 0 Å². The molecule has 0 aliphatic rings. The molecule has 0 heterocycles. The highest BCUT2D eigenvalue weighted by atomic mass is 16.5. The van der Waals surface area contributed by atoms with Crippen LogP contribution in [0.15, 0.2) is 24.3 Å². The molecular formula is C18H31NO. The number of para-hydroxylation sites is 1. The van der Waals surface area contributed by atoms with Crippen molar-refractivity contribution in [3.63, 3.8) is 0 Å². The molecule has 0 aliphatic carbocycles. The van der Waals surface area contributed by atoms with E-state index in [9.17, 15) is 0 Å². The zero-order chi connectivity index (χ0) is 14.5.